The third kappa shape index (κ3) is 5.06. The maximum absolute atomic E-state index is 9.82. The number of aliphatic hydroxyl groups excluding tert-OH is 1. The Morgan fingerprint density at radius 1 is 1.35 bits per heavy atom. The summed E-state index contributed by atoms with van der Waals surface area (Å²) >= 11 is 0. The van der Waals surface area contributed by atoms with Gasteiger partial charge in [0.15, 0.2) is 0 Å². The van der Waals surface area contributed by atoms with Crippen molar-refractivity contribution in [2.75, 3.05) is 0 Å². The Morgan fingerprint density at radius 2 is 1.95 bits per heavy atom. The van der Waals surface area contributed by atoms with Gasteiger partial charge >= 0.3 is 0 Å². The SMILES string of the molecule is C=C[C@@](C)(C=Cc1ccc(O)cc1)CC[C@@H](O)C(=C)C. The van der Waals surface area contributed by atoms with Crippen LogP contribution in [0.3, 0.4) is 0 Å². The number of hydrogen-bond donors (Lipinski definition) is 2. The van der Waals surface area contributed by atoms with Gasteiger partial charge in [-0.15, -0.1) is 6.58 Å². The number of hydrogen-bond acceptors (Lipinski definition) is 2. The summed E-state index contributed by atoms with van der Waals surface area (Å²) in [5.74, 6) is 0.262. The minimum atomic E-state index is -0.462. The highest BCUT2D eigenvalue weighted by atomic mass is 16.3. The van der Waals surface area contributed by atoms with Crippen LogP contribution in [0.4, 0.5) is 0 Å². The zero-order valence-electron chi connectivity index (χ0n) is 12.3. The molecule has 0 amide bonds. The summed E-state index contributed by atoms with van der Waals surface area (Å²) < 4.78 is 0. The van der Waals surface area contributed by atoms with Gasteiger partial charge in [0.05, 0.1) is 6.10 Å². The minimum absolute atomic E-state index is 0.172. The molecule has 20 heavy (non-hydrogen) atoms. The Balaban J connectivity index is 2.71. The van der Waals surface area contributed by atoms with E-state index in [-0.39, 0.29) is 11.2 Å². The predicted molar refractivity (Wildman–Crippen MR) is 85.5 cm³/mol. The molecule has 108 valence electrons. The summed E-state index contributed by atoms with van der Waals surface area (Å²) in [4.78, 5) is 0. The number of phenols is 1. The fourth-order valence-electron chi connectivity index (χ4n) is 1.82. The van der Waals surface area contributed by atoms with Crippen LogP contribution in [-0.4, -0.2) is 16.3 Å². The van der Waals surface area contributed by atoms with Crippen LogP contribution in [0.2, 0.25) is 0 Å². The molecule has 0 radical (unpaired) electrons. The van der Waals surface area contributed by atoms with Crippen molar-refractivity contribution in [3.8, 4) is 5.75 Å². The van der Waals surface area contributed by atoms with Crippen molar-refractivity contribution in [2.24, 2.45) is 5.41 Å². The Kier molecular flexibility index (Phi) is 5.78. The molecule has 1 aromatic carbocycles. The number of aliphatic hydroxyl groups is 1. The van der Waals surface area contributed by atoms with Gasteiger partial charge in [0.1, 0.15) is 5.75 Å². The van der Waals surface area contributed by atoms with Gasteiger partial charge < -0.3 is 10.2 Å². The van der Waals surface area contributed by atoms with E-state index in [1.807, 2.05) is 31.2 Å². The monoisotopic (exact) mass is 272 g/mol. The first-order chi connectivity index (χ1) is 9.36. The van der Waals surface area contributed by atoms with E-state index in [1.165, 1.54) is 0 Å². The van der Waals surface area contributed by atoms with Gasteiger partial charge in [0, 0.05) is 5.41 Å². The summed E-state index contributed by atoms with van der Waals surface area (Å²) in [5.41, 5.74) is 1.64. The molecule has 1 aromatic rings. The van der Waals surface area contributed by atoms with E-state index in [0.29, 0.717) is 6.42 Å². The topological polar surface area (TPSA) is 40.5 Å². The fourth-order valence-corrected chi connectivity index (χ4v) is 1.82. The predicted octanol–water partition coefficient (Wildman–Crippen LogP) is 4.31. The molecule has 2 N–H and O–H groups in total. The molecule has 0 heterocycles. The second-order valence-corrected chi connectivity index (χ2v) is 5.54. The number of benzene rings is 1. The smallest absolute Gasteiger partial charge is 0.115 e. The largest absolute Gasteiger partial charge is 0.508 e. The Hall–Kier alpha value is -1.80. The molecule has 1 rings (SSSR count). The van der Waals surface area contributed by atoms with Crippen molar-refractivity contribution in [3.63, 3.8) is 0 Å². The van der Waals surface area contributed by atoms with E-state index in [9.17, 15) is 10.2 Å². The summed E-state index contributed by atoms with van der Waals surface area (Å²) in [6.45, 7) is 11.6. The molecular formula is C18H24O2. The van der Waals surface area contributed by atoms with E-state index in [4.69, 9.17) is 0 Å². The first kappa shape index (κ1) is 16.3. The van der Waals surface area contributed by atoms with Crippen LogP contribution in [0.15, 0.2) is 55.1 Å². The van der Waals surface area contributed by atoms with E-state index in [1.54, 1.807) is 12.1 Å². The van der Waals surface area contributed by atoms with Crippen LogP contribution in [-0.2, 0) is 0 Å². The van der Waals surface area contributed by atoms with E-state index >= 15 is 0 Å². The Morgan fingerprint density at radius 3 is 2.45 bits per heavy atom. The van der Waals surface area contributed by atoms with Crippen molar-refractivity contribution in [1.29, 1.82) is 0 Å². The van der Waals surface area contributed by atoms with Gasteiger partial charge in [-0.2, -0.15) is 0 Å². The minimum Gasteiger partial charge on any atom is -0.508 e. The molecule has 0 saturated carbocycles. The quantitative estimate of drug-likeness (QED) is 0.726. The molecule has 0 aliphatic rings. The first-order valence-corrected chi connectivity index (χ1v) is 6.81. The third-order valence-corrected chi connectivity index (χ3v) is 3.54. The number of allylic oxidation sites excluding steroid dienone is 2. The van der Waals surface area contributed by atoms with Gasteiger partial charge in [-0.3, -0.25) is 0 Å². The molecule has 0 aromatic heterocycles. The summed E-state index contributed by atoms with van der Waals surface area (Å²) in [6, 6.07) is 7.04. The van der Waals surface area contributed by atoms with Gasteiger partial charge in [-0.05, 0) is 37.5 Å². The lowest BCUT2D eigenvalue weighted by atomic mass is 9.83. The highest BCUT2D eigenvalue weighted by Crippen LogP contribution is 2.29. The third-order valence-electron chi connectivity index (χ3n) is 3.54. The Labute approximate surface area is 121 Å². The molecule has 0 aliphatic carbocycles. The summed E-state index contributed by atoms with van der Waals surface area (Å²) in [7, 11) is 0. The zero-order valence-corrected chi connectivity index (χ0v) is 12.3. The van der Waals surface area contributed by atoms with Crippen molar-refractivity contribution in [1.82, 2.24) is 0 Å². The van der Waals surface area contributed by atoms with Gasteiger partial charge in [-0.1, -0.05) is 49.4 Å². The van der Waals surface area contributed by atoms with Crippen molar-refractivity contribution in [2.45, 2.75) is 32.8 Å². The molecular weight excluding hydrogens is 248 g/mol. The Bertz CT molecular complexity index is 485. The molecule has 2 heteroatoms. The highest BCUT2D eigenvalue weighted by molar-refractivity contribution is 5.51. The highest BCUT2D eigenvalue weighted by Gasteiger charge is 2.18. The van der Waals surface area contributed by atoms with Crippen LogP contribution in [0, 0.1) is 5.41 Å². The second-order valence-electron chi connectivity index (χ2n) is 5.54. The van der Waals surface area contributed by atoms with Gasteiger partial charge in [0.2, 0.25) is 0 Å². The molecule has 0 spiro atoms. The molecule has 2 atom stereocenters. The van der Waals surface area contributed by atoms with Crippen LogP contribution < -0.4 is 0 Å². The summed E-state index contributed by atoms with van der Waals surface area (Å²) in [5, 5.41) is 19.1. The van der Waals surface area contributed by atoms with Crippen molar-refractivity contribution >= 4 is 6.08 Å². The average Bonchev–Trinajstić information content (AvgIpc) is 2.44. The second kappa shape index (κ2) is 7.11. The van der Waals surface area contributed by atoms with Crippen molar-refractivity contribution < 1.29 is 10.2 Å². The molecule has 0 bridgehead atoms. The fraction of sp³-hybridized carbons (Fsp3) is 0.333. The molecule has 0 aliphatic heterocycles. The zero-order chi connectivity index (χ0) is 15.2. The molecule has 2 nitrogen and oxygen atoms in total. The maximum Gasteiger partial charge on any atom is 0.115 e. The van der Waals surface area contributed by atoms with Crippen LogP contribution >= 0.6 is 0 Å². The van der Waals surface area contributed by atoms with E-state index in [0.717, 1.165) is 17.6 Å². The van der Waals surface area contributed by atoms with Crippen LogP contribution in [0.25, 0.3) is 6.08 Å². The van der Waals surface area contributed by atoms with Crippen LogP contribution in [0.1, 0.15) is 32.3 Å². The number of aromatic hydroxyl groups is 1. The first-order valence-electron chi connectivity index (χ1n) is 6.81. The van der Waals surface area contributed by atoms with E-state index < -0.39 is 6.10 Å². The summed E-state index contributed by atoms with van der Waals surface area (Å²) in [6.07, 6.45) is 6.99. The molecule has 0 saturated heterocycles. The molecule has 0 unspecified atom stereocenters. The number of phenolic OH excluding ortho intramolecular Hbond substituents is 1. The molecule has 0 fully saturated rings. The van der Waals surface area contributed by atoms with Gasteiger partial charge in [0.25, 0.3) is 0 Å². The normalized spacial score (nSPS) is 15.8. The lowest BCUT2D eigenvalue weighted by Crippen LogP contribution is -2.15. The maximum atomic E-state index is 9.82. The lowest BCUT2D eigenvalue weighted by Gasteiger charge is -2.23. The number of rotatable bonds is 7. The van der Waals surface area contributed by atoms with Crippen LogP contribution in [0.5, 0.6) is 5.75 Å². The van der Waals surface area contributed by atoms with Gasteiger partial charge in [-0.25, -0.2) is 0 Å². The van der Waals surface area contributed by atoms with Crippen molar-refractivity contribution in [3.05, 3.63) is 60.7 Å². The standard InChI is InChI=1S/C18H24O2/c1-5-18(4,13-11-17(20)14(2)3)12-10-15-6-8-16(19)9-7-15/h5-10,12,17,19-20H,1-2,11,13H2,3-4H3/t17-,18+/m1/s1. The van der Waals surface area contributed by atoms with E-state index in [2.05, 4.69) is 26.2 Å². The average molecular weight is 272 g/mol. The lowest BCUT2D eigenvalue weighted by molar-refractivity contribution is 0.187.